The zero-order valence-corrected chi connectivity index (χ0v) is 18.2. The molecule has 0 aliphatic heterocycles. The Labute approximate surface area is 178 Å². The molecule has 0 aliphatic carbocycles. The summed E-state index contributed by atoms with van der Waals surface area (Å²) in [6, 6.07) is 12.9. The Hall–Kier alpha value is -2.64. The molecule has 0 saturated carbocycles. The number of carbonyl (C=O) groups is 2. The average molecular weight is 427 g/mol. The van der Waals surface area contributed by atoms with Gasteiger partial charge in [-0.05, 0) is 56.2 Å². The lowest BCUT2D eigenvalue weighted by molar-refractivity contribution is -0.119. The average Bonchev–Trinajstić information content (AvgIpc) is 3.13. The third-order valence-corrected chi connectivity index (χ3v) is 6.20. The summed E-state index contributed by atoms with van der Waals surface area (Å²) >= 11 is 3.13. The molecular weight excluding hydrogens is 404 g/mol. The number of aryl methyl sites for hydroxylation is 3. The number of rotatable bonds is 7. The number of amides is 1. The fraction of sp³-hybridized carbons (Fsp3) is 0.227. The smallest absolute Gasteiger partial charge is 0.339 e. The monoisotopic (exact) mass is 426 g/mol. The van der Waals surface area contributed by atoms with Crippen LogP contribution in [0.25, 0.3) is 0 Å². The molecule has 0 spiro atoms. The number of thiazole rings is 1. The van der Waals surface area contributed by atoms with Crippen LogP contribution < -0.4 is 5.32 Å². The minimum absolute atomic E-state index is 0.337. The van der Waals surface area contributed by atoms with Crippen LogP contribution in [-0.2, 0) is 15.3 Å². The fourth-order valence-corrected chi connectivity index (χ4v) is 4.26. The van der Waals surface area contributed by atoms with Gasteiger partial charge in [-0.3, -0.25) is 4.79 Å². The molecule has 0 aliphatic rings. The Morgan fingerprint density at radius 1 is 1.10 bits per heavy atom. The Kier molecular flexibility index (Phi) is 7.06. The number of nitrogens with zero attached hydrogens (tertiary/aromatic N) is 1. The van der Waals surface area contributed by atoms with Crippen molar-refractivity contribution in [1.29, 1.82) is 0 Å². The van der Waals surface area contributed by atoms with Crippen molar-refractivity contribution in [2.24, 2.45) is 0 Å². The van der Waals surface area contributed by atoms with E-state index >= 15 is 0 Å². The molecule has 0 atom stereocenters. The molecule has 1 aromatic heterocycles. The van der Waals surface area contributed by atoms with Crippen LogP contribution in [0.4, 0.5) is 5.69 Å². The SMILES string of the molecule is Cc1nc(CSc2ccccc2C(=O)OCC(=O)Nc2ccc(C)c(C)c2)cs1. The van der Waals surface area contributed by atoms with Crippen molar-refractivity contribution in [3.63, 3.8) is 0 Å². The van der Waals surface area contributed by atoms with Gasteiger partial charge in [-0.2, -0.15) is 0 Å². The molecule has 0 fully saturated rings. The van der Waals surface area contributed by atoms with E-state index in [-0.39, 0.29) is 12.5 Å². The Bertz CT molecular complexity index is 1030. The first-order valence-electron chi connectivity index (χ1n) is 9.09. The quantitative estimate of drug-likeness (QED) is 0.418. The molecule has 3 rings (SSSR count). The molecule has 1 heterocycles. The fourth-order valence-electron chi connectivity index (χ4n) is 2.61. The van der Waals surface area contributed by atoms with Crippen LogP contribution in [0, 0.1) is 20.8 Å². The van der Waals surface area contributed by atoms with Crippen LogP contribution in [0.15, 0.2) is 52.7 Å². The van der Waals surface area contributed by atoms with Gasteiger partial charge in [-0.15, -0.1) is 23.1 Å². The lowest BCUT2D eigenvalue weighted by atomic mass is 10.1. The summed E-state index contributed by atoms with van der Waals surface area (Å²) < 4.78 is 5.23. The lowest BCUT2D eigenvalue weighted by Gasteiger charge is -2.10. The maximum Gasteiger partial charge on any atom is 0.339 e. The zero-order valence-electron chi connectivity index (χ0n) is 16.5. The highest BCUT2D eigenvalue weighted by Gasteiger charge is 2.15. The van der Waals surface area contributed by atoms with E-state index in [9.17, 15) is 9.59 Å². The van der Waals surface area contributed by atoms with Crippen molar-refractivity contribution in [3.8, 4) is 0 Å². The molecule has 0 saturated heterocycles. The van der Waals surface area contributed by atoms with E-state index in [4.69, 9.17) is 4.74 Å². The number of hydrogen-bond acceptors (Lipinski definition) is 6. The van der Waals surface area contributed by atoms with E-state index < -0.39 is 5.97 Å². The molecule has 150 valence electrons. The van der Waals surface area contributed by atoms with E-state index in [0.29, 0.717) is 17.0 Å². The van der Waals surface area contributed by atoms with Gasteiger partial charge in [-0.25, -0.2) is 9.78 Å². The van der Waals surface area contributed by atoms with E-state index in [1.54, 1.807) is 23.5 Å². The van der Waals surface area contributed by atoms with Gasteiger partial charge >= 0.3 is 5.97 Å². The highest BCUT2D eigenvalue weighted by Crippen LogP contribution is 2.27. The van der Waals surface area contributed by atoms with Crippen molar-refractivity contribution in [1.82, 2.24) is 4.98 Å². The van der Waals surface area contributed by atoms with Crippen LogP contribution in [0.5, 0.6) is 0 Å². The molecule has 0 bridgehead atoms. The number of hydrogen-bond donors (Lipinski definition) is 1. The van der Waals surface area contributed by atoms with Gasteiger partial charge in [-0.1, -0.05) is 18.2 Å². The summed E-state index contributed by atoms with van der Waals surface area (Å²) in [6.07, 6.45) is 0. The van der Waals surface area contributed by atoms with Gasteiger partial charge in [0, 0.05) is 21.7 Å². The second kappa shape index (κ2) is 9.71. The Morgan fingerprint density at radius 3 is 2.62 bits per heavy atom. The van der Waals surface area contributed by atoms with Crippen molar-refractivity contribution < 1.29 is 14.3 Å². The largest absolute Gasteiger partial charge is 0.452 e. The minimum Gasteiger partial charge on any atom is -0.452 e. The van der Waals surface area contributed by atoms with Gasteiger partial charge in [0.1, 0.15) is 0 Å². The number of aromatic nitrogens is 1. The van der Waals surface area contributed by atoms with Gasteiger partial charge in [0.2, 0.25) is 0 Å². The third-order valence-electron chi connectivity index (χ3n) is 4.27. The number of ether oxygens (including phenoxy) is 1. The Balaban J connectivity index is 1.57. The molecule has 0 unspecified atom stereocenters. The maximum absolute atomic E-state index is 12.5. The van der Waals surface area contributed by atoms with Crippen molar-refractivity contribution in [3.05, 3.63) is 75.2 Å². The summed E-state index contributed by atoms with van der Waals surface area (Å²) in [4.78, 5) is 29.9. The van der Waals surface area contributed by atoms with Crippen LogP contribution in [0.1, 0.15) is 32.2 Å². The second-order valence-electron chi connectivity index (χ2n) is 6.57. The lowest BCUT2D eigenvalue weighted by Crippen LogP contribution is -2.21. The van der Waals surface area contributed by atoms with Gasteiger partial charge < -0.3 is 10.1 Å². The number of esters is 1. The molecule has 3 aromatic rings. The van der Waals surface area contributed by atoms with E-state index in [2.05, 4.69) is 10.3 Å². The first-order valence-corrected chi connectivity index (χ1v) is 11.0. The van der Waals surface area contributed by atoms with Crippen molar-refractivity contribution >= 4 is 40.7 Å². The number of benzene rings is 2. The number of thioether (sulfide) groups is 1. The summed E-state index contributed by atoms with van der Waals surface area (Å²) in [5, 5.41) is 5.78. The molecule has 7 heteroatoms. The first kappa shape index (κ1) is 21.1. The normalized spacial score (nSPS) is 10.6. The molecule has 5 nitrogen and oxygen atoms in total. The molecule has 29 heavy (non-hydrogen) atoms. The standard InChI is InChI=1S/C22H22N2O3S2/c1-14-8-9-17(10-15(14)2)24-21(25)11-27-22(26)19-6-4-5-7-20(19)29-13-18-12-28-16(3)23-18/h4-10,12H,11,13H2,1-3H3,(H,24,25). The number of anilines is 1. The van der Waals surface area contributed by atoms with Crippen molar-refractivity contribution in [2.45, 2.75) is 31.4 Å². The maximum atomic E-state index is 12.5. The zero-order chi connectivity index (χ0) is 20.8. The first-order chi connectivity index (χ1) is 13.9. The topological polar surface area (TPSA) is 68.3 Å². The van der Waals surface area contributed by atoms with E-state index in [1.807, 2.05) is 56.5 Å². The number of carbonyl (C=O) groups excluding carboxylic acids is 2. The van der Waals surface area contributed by atoms with E-state index in [1.165, 1.54) is 11.8 Å². The minimum atomic E-state index is -0.516. The van der Waals surface area contributed by atoms with Crippen LogP contribution in [0.3, 0.4) is 0 Å². The van der Waals surface area contributed by atoms with Crippen molar-refractivity contribution in [2.75, 3.05) is 11.9 Å². The molecule has 1 N–H and O–H groups in total. The van der Waals surface area contributed by atoms with Gasteiger partial charge in [0.25, 0.3) is 5.91 Å². The molecule has 0 radical (unpaired) electrons. The predicted molar refractivity (Wildman–Crippen MR) is 118 cm³/mol. The van der Waals surface area contributed by atoms with Gasteiger partial charge in [0.05, 0.1) is 16.3 Å². The highest BCUT2D eigenvalue weighted by atomic mass is 32.2. The van der Waals surface area contributed by atoms with Crippen LogP contribution in [0.2, 0.25) is 0 Å². The summed E-state index contributed by atoms with van der Waals surface area (Å²) in [6.45, 7) is 5.61. The summed E-state index contributed by atoms with van der Waals surface area (Å²) in [5.41, 5.74) is 4.35. The van der Waals surface area contributed by atoms with E-state index in [0.717, 1.165) is 26.7 Å². The predicted octanol–water partition coefficient (Wildman–Crippen LogP) is 5.16. The molecule has 2 aromatic carbocycles. The van der Waals surface area contributed by atoms with Crippen LogP contribution >= 0.6 is 23.1 Å². The summed E-state index contributed by atoms with van der Waals surface area (Å²) in [5.74, 6) is -0.218. The van der Waals surface area contributed by atoms with Crippen LogP contribution in [-0.4, -0.2) is 23.5 Å². The molecular formula is C22H22N2O3S2. The third kappa shape index (κ3) is 5.92. The number of nitrogens with one attached hydrogen (secondary N) is 1. The molecule has 1 amide bonds. The summed E-state index contributed by atoms with van der Waals surface area (Å²) in [7, 11) is 0. The second-order valence-corrected chi connectivity index (χ2v) is 8.65. The van der Waals surface area contributed by atoms with Gasteiger partial charge in [0.15, 0.2) is 6.61 Å². The Morgan fingerprint density at radius 2 is 1.90 bits per heavy atom. The highest BCUT2D eigenvalue weighted by molar-refractivity contribution is 7.98.